The molecule has 2 aromatic carbocycles. The second-order valence-corrected chi connectivity index (χ2v) is 7.85. The molecular weight excluding hydrogens is 384 g/mol. The van der Waals surface area contributed by atoms with Crippen molar-refractivity contribution in [2.24, 2.45) is 5.92 Å². The standard InChI is InChI=1S/C23H26N2O5/c1-14(2)13-24-21(27)15(3)30-19(26)11-6-12-25-22(28)17-9-4-7-16-8-5-10-18(20(16)17)23(25)29/h4-5,7-10,14-15H,6,11-13H2,1-3H3,(H,24,27)/t15-/m0/s1. The van der Waals surface area contributed by atoms with Crippen LogP contribution < -0.4 is 5.32 Å². The number of hydrogen-bond acceptors (Lipinski definition) is 5. The van der Waals surface area contributed by atoms with Crippen LogP contribution in [0.5, 0.6) is 0 Å². The van der Waals surface area contributed by atoms with Crippen LogP contribution in [0.3, 0.4) is 0 Å². The number of imide groups is 1. The summed E-state index contributed by atoms with van der Waals surface area (Å²) in [5.74, 6) is -1.31. The Morgan fingerprint density at radius 1 is 1.00 bits per heavy atom. The molecule has 7 heteroatoms. The molecule has 1 aliphatic rings. The van der Waals surface area contributed by atoms with Crippen molar-refractivity contribution in [2.75, 3.05) is 13.1 Å². The first kappa shape index (κ1) is 21.5. The molecule has 0 aromatic heterocycles. The lowest BCUT2D eigenvalue weighted by molar-refractivity contribution is -0.155. The summed E-state index contributed by atoms with van der Waals surface area (Å²) in [6, 6.07) is 10.7. The fourth-order valence-corrected chi connectivity index (χ4v) is 3.42. The topological polar surface area (TPSA) is 92.8 Å². The van der Waals surface area contributed by atoms with Crippen molar-refractivity contribution in [3.05, 3.63) is 47.5 Å². The summed E-state index contributed by atoms with van der Waals surface area (Å²) < 4.78 is 5.15. The number of amides is 3. The average Bonchev–Trinajstić information content (AvgIpc) is 2.72. The van der Waals surface area contributed by atoms with Crippen molar-refractivity contribution < 1.29 is 23.9 Å². The van der Waals surface area contributed by atoms with Gasteiger partial charge < -0.3 is 10.1 Å². The first-order chi connectivity index (χ1) is 14.3. The zero-order chi connectivity index (χ0) is 21.8. The van der Waals surface area contributed by atoms with Crippen LogP contribution in [0.25, 0.3) is 10.8 Å². The molecule has 0 unspecified atom stereocenters. The van der Waals surface area contributed by atoms with Crippen molar-refractivity contribution in [3.8, 4) is 0 Å². The molecule has 1 N–H and O–H groups in total. The molecule has 0 saturated heterocycles. The fourth-order valence-electron chi connectivity index (χ4n) is 3.42. The van der Waals surface area contributed by atoms with Gasteiger partial charge in [0.1, 0.15) is 0 Å². The van der Waals surface area contributed by atoms with E-state index in [0.717, 1.165) is 5.39 Å². The number of carbonyl (C=O) groups is 4. The summed E-state index contributed by atoms with van der Waals surface area (Å²) in [6.07, 6.45) is -0.626. The van der Waals surface area contributed by atoms with Gasteiger partial charge in [0.25, 0.3) is 17.7 Å². The second kappa shape index (κ2) is 9.07. The van der Waals surface area contributed by atoms with Gasteiger partial charge in [-0.2, -0.15) is 0 Å². The number of ether oxygens (including phenoxy) is 1. The van der Waals surface area contributed by atoms with Crippen LogP contribution in [0.2, 0.25) is 0 Å². The van der Waals surface area contributed by atoms with Crippen LogP contribution in [-0.2, 0) is 14.3 Å². The van der Waals surface area contributed by atoms with E-state index in [0.29, 0.717) is 29.0 Å². The van der Waals surface area contributed by atoms with Crippen molar-refractivity contribution in [2.45, 2.75) is 39.7 Å². The highest BCUT2D eigenvalue weighted by molar-refractivity contribution is 6.25. The minimum atomic E-state index is -0.890. The molecule has 0 aliphatic carbocycles. The molecule has 1 heterocycles. The summed E-state index contributed by atoms with van der Waals surface area (Å²) in [4.78, 5) is 50.8. The maximum atomic E-state index is 12.8. The van der Waals surface area contributed by atoms with Gasteiger partial charge in [0.05, 0.1) is 0 Å². The van der Waals surface area contributed by atoms with E-state index in [1.807, 2.05) is 26.0 Å². The molecule has 30 heavy (non-hydrogen) atoms. The van der Waals surface area contributed by atoms with Gasteiger partial charge in [-0.15, -0.1) is 0 Å². The lowest BCUT2D eigenvalue weighted by atomic mass is 9.94. The van der Waals surface area contributed by atoms with Crippen LogP contribution >= 0.6 is 0 Å². The Kier molecular flexibility index (Phi) is 6.50. The van der Waals surface area contributed by atoms with Gasteiger partial charge in [0, 0.05) is 36.0 Å². The predicted octanol–water partition coefficient (Wildman–Crippen LogP) is 2.92. The van der Waals surface area contributed by atoms with Crippen LogP contribution in [0.15, 0.2) is 36.4 Å². The SMILES string of the molecule is CC(C)CNC(=O)[C@H](C)OC(=O)CCCN1C(=O)c2cccc3cccc(c23)C1=O. The highest BCUT2D eigenvalue weighted by Gasteiger charge is 2.32. The Labute approximate surface area is 175 Å². The van der Waals surface area contributed by atoms with E-state index < -0.39 is 12.1 Å². The van der Waals surface area contributed by atoms with E-state index in [1.54, 1.807) is 24.3 Å². The molecule has 3 amide bonds. The van der Waals surface area contributed by atoms with Gasteiger partial charge >= 0.3 is 5.97 Å². The predicted molar refractivity (Wildman–Crippen MR) is 112 cm³/mol. The number of nitrogens with zero attached hydrogens (tertiary/aromatic N) is 1. The van der Waals surface area contributed by atoms with Gasteiger partial charge in [-0.25, -0.2) is 0 Å². The molecule has 3 rings (SSSR count). The van der Waals surface area contributed by atoms with Gasteiger partial charge in [0.15, 0.2) is 6.10 Å². The largest absolute Gasteiger partial charge is 0.453 e. The maximum absolute atomic E-state index is 12.8. The summed E-state index contributed by atoms with van der Waals surface area (Å²) >= 11 is 0. The third-order valence-electron chi connectivity index (χ3n) is 4.98. The molecule has 0 bridgehead atoms. The molecule has 0 radical (unpaired) electrons. The zero-order valence-corrected chi connectivity index (χ0v) is 17.4. The lowest BCUT2D eigenvalue weighted by Gasteiger charge is -2.27. The maximum Gasteiger partial charge on any atom is 0.306 e. The number of benzene rings is 2. The zero-order valence-electron chi connectivity index (χ0n) is 17.4. The number of nitrogens with one attached hydrogen (secondary N) is 1. The first-order valence-corrected chi connectivity index (χ1v) is 10.1. The smallest absolute Gasteiger partial charge is 0.306 e. The van der Waals surface area contributed by atoms with Crippen molar-refractivity contribution in [1.82, 2.24) is 10.2 Å². The number of carbonyl (C=O) groups excluding carboxylic acids is 4. The Morgan fingerprint density at radius 3 is 2.17 bits per heavy atom. The van der Waals surface area contributed by atoms with Gasteiger partial charge in [0.2, 0.25) is 0 Å². The fraction of sp³-hybridized carbons (Fsp3) is 0.391. The number of rotatable bonds is 8. The van der Waals surface area contributed by atoms with Gasteiger partial charge in [-0.3, -0.25) is 24.1 Å². The molecule has 1 aliphatic heterocycles. The van der Waals surface area contributed by atoms with Gasteiger partial charge in [-0.1, -0.05) is 38.1 Å². The van der Waals surface area contributed by atoms with E-state index in [1.165, 1.54) is 11.8 Å². The van der Waals surface area contributed by atoms with E-state index >= 15 is 0 Å². The Hall–Kier alpha value is -3.22. The van der Waals surface area contributed by atoms with Crippen LogP contribution in [-0.4, -0.2) is 47.8 Å². The summed E-state index contributed by atoms with van der Waals surface area (Å²) in [6.45, 7) is 6.07. The number of hydrogen-bond donors (Lipinski definition) is 1. The molecule has 0 fully saturated rings. The number of esters is 1. The third kappa shape index (κ3) is 4.50. The molecule has 7 nitrogen and oxygen atoms in total. The van der Waals surface area contributed by atoms with Crippen molar-refractivity contribution >= 4 is 34.5 Å². The highest BCUT2D eigenvalue weighted by Crippen LogP contribution is 2.30. The van der Waals surface area contributed by atoms with E-state index in [9.17, 15) is 19.2 Å². The normalized spacial score (nSPS) is 14.2. The summed E-state index contributed by atoms with van der Waals surface area (Å²) in [5.41, 5.74) is 0.974. The first-order valence-electron chi connectivity index (χ1n) is 10.1. The van der Waals surface area contributed by atoms with Gasteiger partial charge in [-0.05, 0) is 36.8 Å². The van der Waals surface area contributed by atoms with E-state index in [2.05, 4.69) is 5.32 Å². The lowest BCUT2D eigenvalue weighted by Crippen LogP contribution is -2.41. The quantitative estimate of drug-likeness (QED) is 0.534. The monoisotopic (exact) mass is 410 g/mol. The minimum Gasteiger partial charge on any atom is -0.453 e. The van der Waals surface area contributed by atoms with Crippen molar-refractivity contribution in [1.29, 1.82) is 0 Å². The molecule has 2 aromatic rings. The van der Waals surface area contributed by atoms with E-state index in [-0.39, 0.29) is 37.1 Å². The summed E-state index contributed by atoms with van der Waals surface area (Å²) in [5, 5.41) is 4.23. The Bertz CT molecular complexity index is 948. The third-order valence-corrected chi connectivity index (χ3v) is 4.98. The van der Waals surface area contributed by atoms with Crippen molar-refractivity contribution in [3.63, 3.8) is 0 Å². The van der Waals surface area contributed by atoms with Crippen LogP contribution in [0.1, 0.15) is 54.3 Å². The highest BCUT2D eigenvalue weighted by atomic mass is 16.5. The van der Waals surface area contributed by atoms with Crippen LogP contribution in [0, 0.1) is 5.92 Å². The van der Waals surface area contributed by atoms with E-state index in [4.69, 9.17) is 4.74 Å². The summed E-state index contributed by atoms with van der Waals surface area (Å²) in [7, 11) is 0. The second-order valence-electron chi connectivity index (χ2n) is 7.85. The molecule has 0 spiro atoms. The molecular formula is C23H26N2O5. The molecule has 1 atom stereocenters. The van der Waals surface area contributed by atoms with Crippen LogP contribution in [0.4, 0.5) is 0 Å². The molecule has 0 saturated carbocycles. The minimum absolute atomic E-state index is 0.00467. The Morgan fingerprint density at radius 2 is 1.60 bits per heavy atom. The average molecular weight is 410 g/mol. The Balaban J connectivity index is 1.57. The molecule has 158 valence electrons.